The van der Waals surface area contributed by atoms with Crippen molar-refractivity contribution in [2.75, 3.05) is 0 Å². The van der Waals surface area contributed by atoms with E-state index < -0.39 is 14.5 Å². The highest BCUT2D eigenvalue weighted by Gasteiger charge is 2.48. The van der Waals surface area contributed by atoms with Gasteiger partial charge in [0.2, 0.25) is 0 Å². The minimum absolute atomic E-state index is 0. The third-order valence-corrected chi connectivity index (χ3v) is 20.8. The summed E-state index contributed by atoms with van der Waals surface area (Å²) in [5, 5.41) is 8.75. The fraction of sp³-hybridized carbons (Fsp3) is 0.250. The van der Waals surface area contributed by atoms with E-state index in [1.54, 1.807) is 22.3 Å². The van der Waals surface area contributed by atoms with Crippen LogP contribution >= 0.6 is 14.5 Å². The molecule has 7 aromatic rings. The number of rotatable bonds is 20. The Hall–Kier alpha value is -4.02. The molecule has 0 nitrogen and oxygen atoms in total. The lowest BCUT2D eigenvalue weighted by Gasteiger charge is -2.31. The molecule has 0 aromatic heterocycles. The summed E-state index contributed by atoms with van der Waals surface area (Å²) in [7, 11) is -4.19. The van der Waals surface area contributed by atoms with Crippen molar-refractivity contribution < 1.29 is 24.8 Å². The summed E-state index contributed by atoms with van der Waals surface area (Å²) in [5.41, 5.74) is 6.23. The van der Waals surface area contributed by atoms with E-state index in [9.17, 15) is 0 Å². The maximum absolute atomic E-state index is 2.73. The van der Waals surface area contributed by atoms with Crippen molar-refractivity contribution in [3.8, 4) is 0 Å². The van der Waals surface area contributed by atoms with Gasteiger partial charge in [-0.25, -0.2) is 0 Å². The number of hydrogen-bond donors (Lipinski definition) is 0. The van der Waals surface area contributed by atoms with Crippen molar-refractivity contribution in [3.63, 3.8) is 0 Å². The first-order valence-electron chi connectivity index (χ1n) is 21.9. The van der Waals surface area contributed by atoms with Crippen molar-refractivity contribution in [2.24, 2.45) is 0 Å². The maximum Gasteiger partial charge on any atom is 0.116 e. The summed E-state index contributed by atoms with van der Waals surface area (Å²) in [6.07, 6.45) is 14.3. The van der Waals surface area contributed by atoms with E-state index >= 15 is 0 Å². The molecule has 0 saturated heterocycles. The highest BCUT2D eigenvalue weighted by Crippen LogP contribution is 2.60. The zero-order valence-electron chi connectivity index (χ0n) is 35.6. The molecule has 0 spiro atoms. The summed E-state index contributed by atoms with van der Waals surface area (Å²) >= 11 is 0. The van der Waals surface area contributed by atoms with Gasteiger partial charge in [-0.05, 0) is 121 Å². The molecule has 4 heteroatoms. The van der Waals surface area contributed by atoms with Crippen LogP contribution in [0, 0.1) is 0 Å². The molecule has 0 N–H and O–H groups in total. The minimum atomic E-state index is -2.10. The van der Waals surface area contributed by atoms with Crippen LogP contribution < -0.4 is 56.6 Å². The van der Waals surface area contributed by atoms with Gasteiger partial charge in [0.15, 0.2) is 0 Å². The van der Waals surface area contributed by atoms with Gasteiger partial charge in [-0.15, -0.1) is 0 Å². The predicted octanol–water partition coefficient (Wildman–Crippen LogP) is 6.93. The topological polar surface area (TPSA) is 0 Å². The molecule has 0 bridgehead atoms. The Morgan fingerprint density at radius 2 is 0.517 bits per heavy atom. The molecular weight excluding hydrogens is 805 g/mol. The average molecular weight is 868 g/mol. The van der Waals surface area contributed by atoms with Crippen LogP contribution in [0.3, 0.4) is 0 Å². The van der Waals surface area contributed by atoms with E-state index in [-0.39, 0.29) is 24.8 Å². The molecule has 0 aliphatic carbocycles. The number of hydrogen-bond acceptors (Lipinski definition) is 0. The predicted molar refractivity (Wildman–Crippen MR) is 260 cm³/mol. The largest absolute Gasteiger partial charge is 1.00 e. The fourth-order valence-electron chi connectivity index (χ4n) is 9.08. The lowest BCUT2D eigenvalue weighted by molar-refractivity contribution is -0.001000. The van der Waals surface area contributed by atoms with Crippen molar-refractivity contribution >= 4 is 46.4 Å². The number of unbranched alkanes of at least 4 members (excludes halogenated alkanes) is 6. The van der Waals surface area contributed by atoms with Crippen molar-refractivity contribution in [1.82, 2.24) is 0 Å². The Bertz CT molecular complexity index is 1890. The number of aryl methyl sites for hydroxylation is 2. The van der Waals surface area contributed by atoms with Crippen LogP contribution in [0.4, 0.5) is 0 Å². The van der Waals surface area contributed by atoms with E-state index in [1.807, 2.05) is 0 Å². The van der Waals surface area contributed by atoms with Gasteiger partial charge in [-0.3, -0.25) is 0 Å². The second-order valence-electron chi connectivity index (χ2n) is 16.0. The fourth-order valence-corrected chi connectivity index (χ4v) is 17.7. The molecule has 0 saturated carbocycles. The zero-order chi connectivity index (χ0) is 39.9. The van der Waals surface area contributed by atoms with Gasteiger partial charge in [0.05, 0.1) is 12.3 Å². The quantitative estimate of drug-likeness (QED) is 0.0577. The lowest BCUT2D eigenvalue weighted by Crippen LogP contribution is -3.00. The van der Waals surface area contributed by atoms with Gasteiger partial charge in [0.25, 0.3) is 0 Å². The molecular formula is C56H62Cl2P2. The second kappa shape index (κ2) is 23.8. The monoisotopic (exact) mass is 866 g/mol. The SMILES string of the molecule is CCCCCCc1cc(C[P+](c2ccccc2)(c2ccccc2)c2ccccc2)c(CCCCCC)cc1C[P+](c1ccccc1)(c1ccccc1)c1ccccc1.[Cl-].[Cl-]. The Labute approximate surface area is 375 Å². The zero-order valence-corrected chi connectivity index (χ0v) is 38.9. The smallest absolute Gasteiger partial charge is 0.116 e. The molecule has 0 radical (unpaired) electrons. The first-order valence-corrected chi connectivity index (χ1v) is 25.9. The van der Waals surface area contributed by atoms with Crippen molar-refractivity contribution in [1.29, 1.82) is 0 Å². The van der Waals surface area contributed by atoms with Crippen LogP contribution in [-0.2, 0) is 25.2 Å². The third kappa shape index (κ3) is 10.9. The summed E-state index contributed by atoms with van der Waals surface area (Å²) in [5.74, 6) is 0. The number of halogens is 2. The van der Waals surface area contributed by atoms with E-state index in [0.717, 1.165) is 25.2 Å². The molecule has 310 valence electrons. The first kappa shape index (κ1) is 47.0. The van der Waals surface area contributed by atoms with Crippen LogP contribution in [0.2, 0.25) is 0 Å². The van der Waals surface area contributed by atoms with Gasteiger partial charge >= 0.3 is 0 Å². The van der Waals surface area contributed by atoms with Gasteiger partial charge < -0.3 is 24.8 Å². The van der Waals surface area contributed by atoms with E-state index in [0.29, 0.717) is 0 Å². The first-order chi connectivity index (χ1) is 28.7. The Morgan fingerprint density at radius 1 is 0.283 bits per heavy atom. The van der Waals surface area contributed by atoms with Crippen LogP contribution in [0.5, 0.6) is 0 Å². The lowest BCUT2D eigenvalue weighted by atomic mass is 9.93. The van der Waals surface area contributed by atoms with Crippen LogP contribution in [0.15, 0.2) is 194 Å². The molecule has 7 aromatic carbocycles. The highest BCUT2D eigenvalue weighted by molar-refractivity contribution is 7.95. The standard InChI is InChI=1S/C56H62P2.2ClH/c1-3-5-7-15-29-47-43-50(46-58(54-37-23-12-24-38-54,55-39-25-13-26-40-55)56-41-27-14-28-42-56)48(30-16-8-6-4-2)44-49(47)45-57(51-31-17-9-18-32-51,52-33-19-10-20-34-52)53-35-21-11-22-36-53;;/h9-14,17-28,31-44H,3-8,15-16,29-30,45-46H2,1-2H3;2*1H/q+2;;/p-2. The molecule has 60 heavy (non-hydrogen) atoms. The van der Waals surface area contributed by atoms with Crippen LogP contribution in [-0.4, -0.2) is 0 Å². The van der Waals surface area contributed by atoms with Crippen molar-refractivity contribution in [3.05, 3.63) is 216 Å². The molecule has 7 rings (SSSR count). The molecule has 0 unspecified atom stereocenters. The minimum Gasteiger partial charge on any atom is -1.00 e. The van der Waals surface area contributed by atoms with Crippen LogP contribution in [0.25, 0.3) is 0 Å². The molecule has 0 aliphatic rings. The van der Waals surface area contributed by atoms with Crippen LogP contribution in [0.1, 0.15) is 87.5 Å². The Kier molecular flexibility index (Phi) is 18.7. The summed E-state index contributed by atoms with van der Waals surface area (Å²) in [6, 6.07) is 74.5. The van der Waals surface area contributed by atoms with E-state index in [4.69, 9.17) is 0 Å². The molecule has 0 fully saturated rings. The highest BCUT2D eigenvalue weighted by atomic mass is 35.5. The van der Waals surface area contributed by atoms with Gasteiger partial charge in [-0.2, -0.15) is 0 Å². The van der Waals surface area contributed by atoms with Crippen molar-refractivity contribution in [2.45, 2.75) is 90.4 Å². The summed E-state index contributed by atoms with van der Waals surface area (Å²) in [4.78, 5) is 0. The maximum atomic E-state index is 2.73. The molecule has 0 amide bonds. The molecule has 0 heterocycles. The normalized spacial score (nSPS) is 11.4. The van der Waals surface area contributed by atoms with E-state index in [1.165, 1.54) is 83.2 Å². The second-order valence-corrected chi connectivity index (χ2v) is 22.9. The Morgan fingerprint density at radius 3 is 0.733 bits per heavy atom. The molecule has 0 aliphatic heterocycles. The van der Waals surface area contributed by atoms with Gasteiger partial charge in [0.1, 0.15) is 46.4 Å². The van der Waals surface area contributed by atoms with E-state index in [2.05, 4.69) is 208 Å². The third-order valence-electron chi connectivity index (χ3n) is 12.1. The Balaban J connectivity index is 0.00000341. The summed E-state index contributed by atoms with van der Waals surface area (Å²) in [6.45, 7) is 4.66. The van der Waals surface area contributed by atoms with Gasteiger partial charge in [-0.1, -0.05) is 174 Å². The van der Waals surface area contributed by atoms with Gasteiger partial charge in [0, 0.05) is 0 Å². The average Bonchev–Trinajstić information content (AvgIpc) is 3.30. The molecule has 0 atom stereocenters. The summed E-state index contributed by atoms with van der Waals surface area (Å²) < 4.78 is 0. The number of benzene rings is 7.